The Labute approximate surface area is 185 Å². The molecule has 0 saturated carbocycles. The molecule has 166 valence electrons. The lowest BCUT2D eigenvalue weighted by Gasteiger charge is -2.21. The minimum absolute atomic E-state index is 0.0450. The average molecular weight is 436 g/mol. The lowest BCUT2D eigenvalue weighted by Crippen LogP contribution is -2.29. The molecule has 1 aliphatic heterocycles. The molecule has 5 rings (SSSR count). The van der Waals surface area contributed by atoms with Crippen LogP contribution in [-0.4, -0.2) is 29.0 Å². The standard InChI is InChI=1S/C25H25FN2O4/c1-24(2,3)22-11-15-10-18(17(26)13-19(15)28(22)8-9-29)27-23(30)25(6-7-25)16-4-5-20-21(12-16)32-14-31-20/h4-7,10-13,29H,8-9,14H2,1-3H3,(H,27,30). The summed E-state index contributed by atoms with van der Waals surface area (Å²) in [6.07, 6.45) is 3.57. The molecule has 0 unspecified atom stereocenters. The van der Waals surface area contributed by atoms with Crippen molar-refractivity contribution in [2.75, 3.05) is 18.7 Å². The van der Waals surface area contributed by atoms with Gasteiger partial charge in [-0.25, -0.2) is 4.39 Å². The molecule has 1 aromatic heterocycles. The van der Waals surface area contributed by atoms with Gasteiger partial charge in [-0.1, -0.05) is 39.0 Å². The van der Waals surface area contributed by atoms with E-state index in [0.717, 1.165) is 16.6 Å². The van der Waals surface area contributed by atoms with E-state index in [0.29, 0.717) is 23.6 Å². The van der Waals surface area contributed by atoms with Gasteiger partial charge < -0.3 is 24.5 Å². The molecular formula is C25H25FN2O4. The third-order valence-corrected chi connectivity index (χ3v) is 6.06. The maximum Gasteiger partial charge on any atom is 0.242 e. The van der Waals surface area contributed by atoms with Crippen molar-refractivity contribution in [3.05, 3.63) is 65.6 Å². The number of aromatic nitrogens is 1. The van der Waals surface area contributed by atoms with Crippen LogP contribution >= 0.6 is 0 Å². The van der Waals surface area contributed by atoms with Gasteiger partial charge in [-0.2, -0.15) is 0 Å². The maximum absolute atomic E-state index is 15.0. The smallest absolute Gasteiger partial charge is 0.242 e. The number of anilines is 1. The van der Waals surface area contributed by atoms with Crippen molar-refractivity contribution < 1.29 is 23.8 Å². The highest BCUT2D eigenvalue weighted by Crippen LogP contribution is 2.44. The fourth-order valence-electron chi connectivity index (χ4n) is 4.28. The zero-order valence-electron chi connectivity index (χ0n) is 18.2. The van der Waals surface area contributed by atoms with E-state index in [9.17, 15) is 9.90 Å². The number of amides is 1. The molecule has 7 heteroatoms. The number of hydrogen-bond acceptors (Lipinski definition) is 4. The molecular weight excluding hydrogens is 411 g/mol. The zero-order chi connectivity index (χ0) is 22.7. The Hall–Kier alpha value is -3.32. The van der Waals surface area contributed by atoms with Gasteiger partial charge in [0.05, 0.1) is 17.8 Å². The SMILES string of the molecule is CC(C)(C)c1cc2cc(NC(=O)C3(c4ccc5c(c4)OCO5)C=C3)c(F)cc2n1CCO. The van der Waals surface area contributed by atoms with Crippen LogP contribution in [0.15, 0.2) is 48.6 Å². The average Bonchev–Trinajstić information content (AvgIpc) is 3.29. The summed E-state index contributed by atoms with van der Waals surface area (Å²) in [6.45, 7) is 6.70. The summed E-state index contributed by atoms with van der Waals surface area (Å²) in [6, 6.07) is 10.4. The summed E-state index contributed by atoms with van der Waals surface area (Å²) in [7, 11) is 0. The molecule has 3 aromatic rings. The number of halogens is 1. The Kier molecular flexibility index (Phi) is 4.57. The van der Waals surface area contributed by atoms with Gasteiger partial charge in [0.15, 0.2) is 11.5 Å². The van der Waals surface area contributed by atoms with Crippen molar-refractivity contribution in [2.45, 2.75) is 38.1 Å². The van der Waals surface area contributed by atoms with Crippen molar-refractivity contribution in [3.63, 3.8) is 0 Å². The van der Waals surface area contributed by atoms with Crippen LogP contribution in [0.4, 0.5) is 10.1 Å². The Balaban J connectivity index is 1.47. The first-order chi connectivity index (χ1) is 15.2. The van der Waals surface area contributed by atoms with E-state index in [1.165, 1.54) is 6.07 Å². The van der Waals surface area contributed by atoms with Crippen molar-refractivity contribution in [3.8, 4) is 11.5 Å². The van der Waals surface area contributed by atoms with Gasteiger partial charge in [0.25, 0.3) is 0 Å². The second-order valence-electron chi connectivity index (χ2n) is 9.27. The van der Waals surface area contributed by atoms with Gasteiger partial charge in [-0.15, -0.1) is 0 Å². The minimum Gasteiger partial charge on any atom is -0.454 e. The maximum atomic E-state index is 15.0. The van der Waals surface area contributed by atoms with Crippen molar-refractivity contribution in [1.29, 1.82) is 0 Å². The molecule has 2 aromatic carbocycles. The molecule has 0 fully saturated rings. The molecule has 32 heavy (non-hydrogen) atoms. The first-order valence-electron chi connectivity index (χ1n) is 10.6. The highest BCUT2D eigenvalue weighted by molar-refractivity contribution is 6.06. The van der Waals surface area contributed by atoms with Crippen LogP contribution in [0.5, 0.6) is 11.5 Å². The number of ether oxygens (including phenoxy) is 2. The highest BCUT2D eigenvalue weighted by Gasteiger charge is 2.45. The van der Waals surface area contributed by atoms with Crippen LogP contribution in [0.3, 0.4) is 0 Å². The molecule has 1 amide bonds. The fourth-order valence-corrected chi connectivity index (χ4v) is 4.28. The number of nitrogens with zero attached hydrogens (tertiary/aromatic N) is 1. The molecule has 1 aliphatic carbocycles. The van der Waals surface area contributed by atoms with Crippen LogP contribution in [0.2, 0.25) is 0 Å². The third-order valence-electron chi connectivity index (χ3n) is 6.06. The van der Waals surface area contributed by atoms with Gasteiger partial charge in [0.2, 0.25) is 12.7 Å². The Morgan fingerprint density at radius 3 is 2.59 bits per heavy atom. The van der Waals surface area contributed by atoms with E-state index >= 15 is 4.39 Å². The quantitative estimate of drug-likeness (QED) is 0.587. The van der Waals surface area contributed by atoms with Crippen molar-refractivity contribution in [2.24, 2.45) is 0 Å². The summed E-state index contributed by atoms with van der Waals surface area (Å²) in [4.78, 5) is 13.2. The summed E-state index contributed by atoms with van der Waals surface area (Å²) < 4.78 is 27.7. The van der Waals surface area contributed by atoms with Crippen LogP contribution in [0.25, 0.3) is 10.9 Å². The van der Waals surface area contributed by atoms with Crippen LogP contribution in [0.1, 0.15) is 32.0 Å². The van der Waals surface area contributed by atoms with E-state index in [1.54, 1.807) is 30.4 Å². The van der Waals surface area contributed by atoms with Gasteiger partial charge in [-0.3, -0.25) is 4.79 Å². The summed E-state index contributed by atoms with van der Waals surface area (Å²) in [5.41, 5.74) is 1.43. The first kappa shape index (κ1) is 20.6. The summed E-state index contributed by atoms with van der Waals surface area (Å²) in [5, 5.41) is 13.1. The van der Waals surface area contributed by atoms with Gasteiger partial charge >= 0.3 is 0 Å². The van der Waals surface area contributed by atoms with E-state index in [1.807, 2.05) is 16.7 Å². The number of aliphatic hydroxyl groups is 1. The monoisotopic (exact) mass is 436 g/mol. The predicted octanol–water partition coefficient (Wildman–Crippen LogP) is 4.25. The number of fused-ring (bicyclic) bond motifs is 2. The number of carbonyl (C=O) groups excluding carboxylic acids is 1. The fraction of sp³-hybridized carbons (Fsp3) is 0.320. The molecule has 2 N–H and O–H groups in total. The van der Waals surface area contributed by atoms with Crippen molar-refractivity contribution >= 4 is 22.5 Å². The lowest BCUT2D eigenvalue weighted by atomic mass is 9.91. The second-order valence-corrected chi connectivity index (χ2v) is 9.27. The summed E-state index contributed by atoms with van der Waals surface area (Å²) in [5.74, 6) is 0.380. The van der Waals surface area contributed by atoms with E-state index in [2.05, 4.69) is 26.1 Å². The van der Waals surface area contributed by atoms with E-state index < -0.39 is 11.2 Å². The predicted molar refractivity (Wildman–Crippen MR) is 120 cm³/mol. The Morgan fingerprint density at radius 1 is 1.16 bits per heavy atom. The zero-order valence-corrected chi connectivity index (χ0v) is 18.2. The topological polar surface area (TPSA) is 72.7 Å². The van der Waals surface area contributed by atoms with Crippen molar-refractivity contribution in [1.82, 2.24) is 4.57 Å². The Bertz CT molecular complexity index is 1260. The summed E-state index contributed by atoms with van der Waals surface area (Å²) >= 11 is 0. The highest BCUT2D eigenvalue weighted by atomic mass is 19.1. The van der Waals surface area contributed by atoms with Crippen LogP contribution in [0, 0.1) is 5.82 Å². The number of rotatable bonds is 5. The van der Waals surface area contributed by atoms with Gasteiger partial charge in [0, 0.05) is 29.1 Å². The molecule has 2 aliphatic rings. The lowest BCUT2D eigenvalue weighted by molar-refractivity contribution is -0.117. The largest absolute Gasteiger partial charge is 0.454 e. The molecule has 0 saturated heterocycles. The third kappa shape index (κ3) is 3.24. The first-order valence-corrected chi connectivity index (χ1v) is 10.6. The number of aliphatic hydroxyl groups excluding tert-OH is 1. The number of nitrogens with one attached hydrogen (secondary N) is 1. The van der Waals surface area contributed by atoms with Crippen LogP contribution in [-0.2, 0) is 22.2 Å². The number of benzene rings is 2. The minimum atomic E-state index is -0.929. The van der Waals surface area contributed by atoms with Gasteiger partial charge in [0.1, 0.15) is 11.2 Å². The molecule has 0 spiro atoms. The normalized spacial score (nSPS) is 15.9. The Morgan fingerprint density at radius 2 is 1.91 bits per heavy atom. The van der Waals surface area contributed by atoms with E-state index in [4.69, 9.17) is 9.47 Å². The molecule has 0 atom stereocenters. The molecule has 0 bridgehead atoms. The molecule has 2 heterocycles. The molecule has 6 nitrogen and oxygen atoms in total. The number of carbonyl (C=O) groups is 1. The van der Waals surface area contributed by atoms with E-state index in [-0.39, 0.29) is 30.4 Å². The van der Waals surface area contributed by atoms with Crippen LogP contribution < -0.4 is 14.8 Å². The molecule has 0 radical (unpaired) electrons. The van der Waals surface area contributed by atoms with Gasteiger partial charge in [-0.05, 0) is 29.8 Å². The number of hydrogen-bond donors (Lipinski definition) is 2. The second kappa shape index (κ2) is 7.10.